The van der Waals surface area contributed by atoms with Crippen molar-refractivity contribution in [2.45, 2.75) is 53.1 Å². The Morgan fingerprint density at radius 3 is 2.29 bits per heavy atom. The number of nitrogens with zero attached hydrogens (tertiary/aromatic N) is 1. The van der Waals surface area contributed by atoms with Gasteiger partial charge in [0.05, 0.1) is 6.61 Å². The van der Waals surface area contributed by atoms with Gasteiger partial charge in [0, 0.05) is 24.5 Å². The van der Waals surface area contributed by atoms with Crippen LogP contribution in [-0.4, -0.2) is 35.9 Å². The minimum Gasteiger partial charge on any atom is -0.494 e. The van der Waals surface area contributed by atoms with Gasteiger partial charge in [0.25, 0.3) is 0 Å². The molecule has 2 aromatic rings. The number of aryl methyl sites for hydroxylation is 1. The van der Waals surface area contributed by atoms with Crippen molar-refractivity contribution in [1.82, 2.24) is 10.2 Å². The van der Waals surface area contributed by atoms with Gasteiger partial charge < -0.3 is 15.0 Å². The van der Waals surface area contributed by atoms with Crippen LogP contribution in [-0.2, 0) is 16.1 Å². The molecule has 31 heavy (non-hydrogen) atoms. The predicted molar refractivity (Wildman–Crippen MR) is 125 cm³/mol. The largest absolute Gasteiger partial charge is 0.494 e. The molecular weight excluding hydrogens is 412 g/mol. The van der Waals surface area contributed by atoms with Crippen LogP contribution in [0.3, 0.4) is 0 Å². The topological polar surface area (TPSA) is 58.6 Å². The van der Waals surface area contributed by atoms with Gasteiger partial charge in [0.15, 0.2) is 0 Å². The summed E-state index contributed by atoms with van der Waals surface area (Å²) in [5, 5.41) is 3.56. The van der Waals surface area contributed by atoms with Crippen LogP contribution >= 0.6 is 11.6 Å². The summed E-state index contributed by atoms with van der Waals surface area (Å²) in [6, 6.07) is 14.6. The SMILES string of the molecule is Cc1ccc(OCCCC(=O)N(Cc2ccc(Cl)cc2)[C@H](C)C(=O)NCC(C)C)cc1. The maximum atomic E-state index is 13.0. The lowest BCUT2D eigenvalue weighted by molar-refractivity contribution is -0.140. The number of rotatable bonds is 11. The van der Waals surface area contributed by atoms with Crippen LogP contribution in [0.4, 0.5) is 0 Å². The minimum absolute atomic E-state index is 0.0744. The summed E-state index contributed by atoms with van der Waals surface area (Å²) in [6.45, 7) is 9.24. The van der Waals surface area contributed by atoms with E-state index in [0.717, 1.165) is 11.3 Å². The van der Waals surface area contributed by atoms with Gasteiger partial charge >= 0.3 is 0 Å². The zero-order valence-corrected chi connectivity index (χ0v) is 19.6. The number of benzene rings is 2. The molecule has 0 aromatic heterocycles. The Hall–Kier alpha value is -2.53. The van der Waals surface area contributed by atoms with Crippen molar-refractivity contribution >= 4 is 23.4 Å². The summed E-state index contributed by atoms with van der Waals surface area (Å²) >= 11 is 5.98. The van der Waals surface area contributed by atoms with Gasteiger partial charge in [-0.2, -0.15) is 0 Å². The second kappa shape index (κ2) is 12.4. The number of hydrogen-bond donors (Lipinski definition) is 1. The molecule has 0 unspecified atom stereocenters. The lowest BCUT2D eigenvalue weighted by atomic mass is 10.1. The van der Waals surface area contributed by atoms with Crippen molar-refractivity contribution in [2.24, 2.45) is 5.92 Å². The molecule has 168 valence electrons. The Balaban J connectivity index is 1.97. The van der Waals surface area contributed by atoms with Gasteiger partial charge in [-0.15, -0.1) is 0 Å². The van der Waals surface area contributed by atoms with Crippen molar-refractivity contribution in [2.75, 3.05) is 13.2 Å². The van der Waals surface area contributed by atoms with Gasteiger partial charge in [0.1, 0.15) is 11.8 Å². The molecule has 2 rings (SSSR count). The average Bonchev–Trinajstić information content (AvgIpc) is 2.75. The third kappa shape index (κ3) is 8.62. The number of nitrogens with one attached hydrogen (secondary N) is 1. The van der Waals surface area contributed by atoms with Crippen LogP contribution in [0.1, 0.15) is 44.7 Å². The molecule has 0 saturated carbocycles. The first kappa shape index (κ1) is 24.7. The molecule has 1 N–H and O–H groups in total. The molecule has 0 fully saturated rings. The monoisotopic (exact) mass is 444 g/mol. The molecule has 0 radical (unpaired) electrons. The zero-order valence-electron chi connectivity index (χ0n) is 18.9. The van der Waals surface area contributed by atoms with Crippen molar-refractivity contribution in [3.63, 3.8) is 0 Å². The van der Waals surface area contributed by atoms with Crippen LogP contribution in [0, 0.1) is 12.8 Å². The average molecular weight is 445 g/mol. The van der Waals surface area contributed by atoms with Gasteiger partial charge in [-0.1, -0.05) is 55.3 Å². The normalized spacial score (nSPS) is 11.8. The predicted octanol–water partition coefficient (Wildman–Crippen LogP) is 5.00. The Morgan fingerprint density at radius 1 is 1.03 bits per heavy atom. The molecular formula is C25H33ClN2O3. The van der Waals surface area contributed by atoms with E-state index in [1.165, 1.54) is 5.56 Å². The van der Waals surface area contributed by atoms with Crippen molar-refractivity contribution in [1.29, 1.82) is 0 Å². The fourth-order valence-electron chi connectivity index (χ4n) is 3.01. The third-order valence-corrected chi connectivity index (χ3v) is 5.19. The quantitative estimate of drug-likeness (QED) is 0.496. The third-order valence-electron chi connectivity index (χ3n) is 4.94. The number of hydrogen-bond acceptors (Lipinski definition) is 3. The zero-order chi connectivity index (χ0) is 22.8. The van der Waals surface area contributed by atoms with Gasteiger partial charge in [-0.25, -0.2) is 0 Å². The number of halogens is 1. The number of amides is 2. The Labute approximate surface area is 190 Å². The standard InChI is InChI=1S/C25H33ClN2O3/c1-18(2)16-27-25(30)20(4)28(17-21-9-11-22(26)12-10-21)24(29)6-5-15-31-23-13-7-19(3)8-14-23/h7-14,18,20H,5-6,15-17H2,1-4H3,(H,27,30)/t20-/m1/s1. The number of ether oxygens (including phenoxy) is 1. The summed E-state index contributed by atoms with van der Waals surface area (Å²) in [5.74, 6) is 0.912. The molecule has 0 aliphatic heterocycles. The number of carbonyl (C=O) groups is 2. The first-order valence-corrected chi connectivity index (χ1v) is 11.1. The highest BCUT2D eigenvalue weighted by molar-refractivity contribution is 6.30. The highest BCUT2D eigenvalue weighted by Gasteiger charge is 2.25. The highest BCUT2D eigenvalue weighted by Crippen LogP contribution is 2.16. The molecule has 0 bridgehead atoms. The maximum Gasteiger partial charge on any atom is 0.242 e. The summed E-state index contributed by atoms with van der Waals surface area (Å²) in [4.78, 5) is 27.3. The van der Waals surface area contributed by atoms with E-state index >= 15 is 0 Å². The Bertz CT molecular complexity index is 835. The molecule has 6 heteroatoms. The van der Waals surface area contributed by atoms with Crippen LogP contribution in [0.5, 0.6) is 5.75 Å². The van der Waals surface area contributed by atoms with E-state index in [4.69, 9.17) is 16.3 Å². The molecule has 0 aliphatic carbocycles. The van der Waals surface area contributed by atoms with Gasteiger partial charge in [0.2, 0.25) is 11.8 Å². The first-order chi connectivity index (χ1) is 14.8. The molecule has 5 nitrogen and oxygen atoms in total. The van der Waals surface area contributed by atoms with Crippen LogP contribution in [0.15, 0.2) is 48.5 Å². The smallest absolute Gasteiger partial charge is 0.242 e. The Kier molecular flexibility index (Phi) is 9.86. The van der Waals surface area contributed by atoms with Crippen LogP contribution in [0.2, 0.25) is 5.02 Å². The second-order valence-electron chi connectivity index (χ2n) is 8.23. The van der Waals surface area contributed by atoms with E-state index in [2.05, 4.69) is 5.32 Å². The lowest BCUT2D eigenvalue weighted by Gasteiger charge is -2.29. The Morgan fingerprint density at radius 2 is 1.68 bits per heavy atom. The van der Waals surface area contributed by atoms with Crippen molar-refractivity contribution in [3.05, 3.63) is 64.7 Å². The van der Waals surface area contributed by atoms with E-state index in [0.29, 0.717) is 43.5 Å². The van der Waals surface area contributed by atoms with Gasteiger partial charge in [-0.3, -0.25) is 9.59 Å². The fraction of sp³-hybridized carbons (Fsp3) is 0.440. The molecule has 0 spiro atoms. The summed E-state index contributed by atoms with van der Waals surface area (Å²) in [6.07, 6.45) is 0.880. The molecule has 1 atom stereocenters. The summed E-state index contributed by atoms with van der Waals surface area (Å²) < 4.78 is 5.73. The van der Waals surface area contributed by atoms with Crippen molar-refractivity contribution < 1.29 is 14.3 Å². The molecule has 0 aliphatic rings. The van der Waals surface area contributed by atoms with Gasteiger partial charge in [-0.05, 0) is 56.0 Å². The second-order valence-corrected chi connectivity index (χ2v) is 8.66. The van der Waals surface area contributed by atoms with E-state index in [9.17, 15) is 9.59 Å². The molecule has 2 aromatic carbocycles. The molecule has 2 amide bonds. The lowest BCUT2D eigenvalue weighted by Crippen LogP contribution is -2.48. The summed E-state index contributed by atoms with van der Waals surface area (Å²) in [5.41, 5.74) is 2.10. The molecule has 0 heterocycles. The highest BCUT2D eigenvalue weighted by atomic mass is 35.5. The van der Waals surface area contributed by atoms with Crippen LogP contribution < -0.4 is 10.1 Å². The van der Waals surface area contributed by atoms with E-state index in [1.807, 2.05) is 57.2 Å². The molecule has 0 saturated heterocycles. The maximum absolute atomic E-state index is 13.0. The van der Waals surface area contributed by atoms with Crippen molar-refractivity contribution in [3.8, 4) is 5.75 Å². The number of carbonyl (C=O) groups excluding carboxylic acids is 2. The van der Waals surface area contributed by atoms with E-state index in [1.54, 1.807) is 24.0 Å². The van der Waals surface area contributed by atoms with E-state index < -0.39 is 6.04 Å². The fourth-order valence-corrected chi connectivity index (χ4v) is 3.14. The van der Waals surface area contributed by atoms with Crippen LogP contribution in [0.25, 0.3) is 0 Å². The summed E-state index contributed by atoms with van der Waals surface area (Å²) in [7, 11) is 0. The first-order valence-electron chi connectivity index (χ1n) is 10.8. The minimum atomic E-state index is -0.569. The van der Waals surface area contributed by atoms with E-state index in [-0.39, 0.29) is 11.8 Å².